The third kappa shape index (κ3) is 4.24. The number of rotatable bonds is 5. The Hall–Kier alpha value is -1.99. The van der Waals surface area contributed by atoms with E-state index in [0.29, 0.717) is 29.2 Å². The van der Waals surface area contributed by atoms with Crippen LogP contribution in [-0.4, -0.2) is 31.3 Å². The summed E-state index contributed by atoms with van der Waals surface area (Å²) >= 11 is 0. The second-order valence-electron chi connectivity index (χ2n) is 5.37. The number of carbonyl (C=O) groups excluding carboxylic acids is 1. The van der Waals surface area contributed by atoms with E-state index in [2.05, 4.69) is 24.1 Å². The second kappa shape index (κ2) is 7.14. The highest BCUT2D eigenvalue weighted by Crippen LogP contribution is 2.36. The predicted molar refractivity (Wildman–Crippen MR) is 81.2 cm³/mol. The van der Waals surface area contributed by atoms with Crippen molar-refractivity contribution in [2.75, 3.05) is 20.3 Å². The number of aliphatic hydroxyl groups excluding tert-OH is 1. The minimum atomic E-state index is -0.0815. The second-order valence-corrected chi connectivity index (χ2v) is 5.37. The molecule has 1 aromatic carbocycles. The van der Waals surface area contributed by atoms with Crippen molar-refractivity contribution in [1.29, 1.82) is 0 Å². The van der Waals surface area contributed by atoms with E-state index in [1.54, 1.807) is 25.3 Å². The van der Waals surface area contributed by atoms with Gasteiger partial charge >= 0.3 is 0 Å². The molecular weight excluding hydrogens is 266 g/mol. The molecule has 0 saturated heterocycles. The van der Waals surface area contributed by atoms with Gasteiger partial charge in [-0.2, -0.15) is 0 Å². The van der Waals surface area contributed by atoms with Crippen LogP contribution in [0.5, 0.6) is 5.75 Å². The summed E-state index contributed by atoms with van der Waals surface area (Å²) in [4.78, 5) is 12.1. The zero-order chi connectivity index (χ0) is 15.2. The van der Waals surface area contributed by atoms with Crippen LogP contribution in [-0.2, 0) is 0 Å². The van der Waals surface area contributed by atoms with E-state index in [-0.39, 0.29) is 12.5 Å². The van der Waals surface area contributed by atoms with Crippen LogP contribution in [0.4, 0.5) is 0 Å². The molecule has 2 N–H and O–H groups in total. The summed E-state index contributed by atoms with van der Waals surface area (Å²) in [6, 6.07) is 5.22. The number of aliphatic hydroxyl groups is 1. The Kier molecular flexibility index (Phi) is 5.24. The molecule has 2 rings (SSSR count). The van der Waals surface area contributed by atoms with E-state index >= 15 is 0 Å². The van der Waals surface area contributed by atoms with Gasteiger partial charge in [0.25, 0.3) is 5.91 Å². The zero-order valence-corrected chi connectivity index (χ0v) is 12.5. The largest absolute Gasteiger partial charge is 0.495 e. The number of methoxy groups -OCH3 is 1. The molecule has 1 amide bonds. The third-order valence-electron chi connectivity index (χ3n) is 3.72. The van der Waals surface area contributed by atoms with Crippen LogP contribution < -0.4 is 10.1 Å². The lowest BCUT2D eigenvalue weighted by Crippen LogP contribution is -2.25. The summed E-state index contributed by atoms with van der Waals surface area (Å²) in [6.07, 6.45) is 1.60. The fourth-order valence-corrected chi connectivity index (χ4v) is 2.17. The van der Waals surface area contributed by atoms with Gasteiger partial charge in [0.1, 0.15) is 5.75 Å². The van der Waals surface area contributed by atoms with Gasteiger partial charge in [-0.05, 0) is 36.5 Å². The molecule has 0 radical (unpaired) electrons. The number of benzene rings is 1. The van der Waals surface area contributed by atoms with Crippen LogP contribution in [0, 0.1) is 23.7 Å². The Morgan fingerprint density at radius 3 is 2.90 bits per heavy atom. The maximum Gasteiger partial charge on any atom is 0.251 e. The Bertz CT molecular complexity index is 571. The molecule has 21 heavy (non-hydrogen) atoms. The van der Waals surface area contributed by atoms with Gasteiger partial charge in [-0.1, -0.05) is 18.8 Å². The fourth-order valence-electron chi connectivity index (χ4n) is 2.17. The molecule has 1 saturated carbocycles. The summed E-state index contributed by atoms with van der Waals surface area (Å²) in [5, 5.41) is 11.7. The fraction of sp³-hybridized carbons (Fsp3) is 0.471. The molecule has 2 atom stereocenters. The van der Waals surface area contributed by atoms with Crippen molar-refractivity contribution < 1.29 is 14.6 Å². The molecule has 1 fully saturated rings. The smallest absolute Gasteiger partial charge is 0.251 e. The average molecular weight is 287 g/mol. The number of carbonyl (C=O) groups is 1. The first-order valence-electron chi connectivity index (χ1n) is 7.21. The average Bonchev–Trinajstić information content (AvgIpc) is 3.20. The molecule has 0 aliphatic heterocycles. The molecule has 2 unspecified atom stereocenters. The van der Waals surface area contributed by atoms with Crippen molar-refractivity contribution in [3.05, 3.63) is 29.3 Å². The van der Waals surface area contributed by atoms with Crippen LogP contribution in [0.3, 0.4) is 0 Å². The van der Waals surface area contributed by atoms with E-state index < -0.39 is 0 Å². The van der Waals surface area contributed by atoms with E-state index in [4.69, 9.17) is 9.84 Å². The molecule has 1 aliphatic carbocycles. The summed E-state index contributed by atoms with van der Waals surface area (Å²) in [6.45, 7) is 2.95. The van der Waals surface area contributed by atoms with Crippen molar-refractivity contribution in [1.82, 2.24) is 5.32 Å². The van der Waals surface area contributed by atoms with Crippen molar-refractivity contribution >= 4 is 5.91 Å². The van der Waals surface area contributed by atoms with Gasteiger partial charge in [0.05, 0.1) is 19.3 Å². The van der Waals surface area contributed by atoms with Crippen molar-refractivity contribution in [2.24, 2.45) is 11.8 Å². The van der Waals surface area contributed by atoms with Crippen LogP contribution in [0.15, 0.2) is 18.2 Å². The highest BCUT2D eigenvalue weighted by molar-refractivity contribution is 5.94. The maximum atomic E-state index is 12.1. The van der Waals surface area contributed by atoms with Crippen molar-refractivity contribution in [2.45, 2.75) is 19.8 Å². The van der Waals surface area contributed by atoms with E-state index in [1.807, 2.05) is 0 Å². The lowest BCUT2D eigenvalue weighted by Gasteiger charge is -2.08. The van der Waals surface area contributed by atoms with E-state index in [9.17, 15) is 4.79 Å². The molecule has 0 spiro atoms. The third-order valence-corrected chi connectivity index (χ3v) is 3.72. The Morgan fingerprint density at radius 1 is 1.52 bits per heavy atom. The molecule has 4 nitrogen and oxygen atoms in total. The lowest BCUT2D eigenvalue weighted by molar-refractivity contribution is 0.0951. The van der Waals surface area contributed by atoms with Crippen molar-refractivity contribution in [3.8, 4) is 17.6 Å². The normalized spacial score (nSPS) is 19.4. The first-order chi connectivity index (χ1) is 10.2. The van der Waals surface area contributed by atoms with E-state index in [1.165, 1.54) is 6.42 Å². The quantitative estimate of drug-likeness (QED) is 0.812. The van der Waals surface area contributed by atoms with Gasteiger partial charge in [0.2, 0.25) is 0 Å². The Morgan fingerprint density at radius 2 is 2.29 bits per heavy atom. The molecule has 0 heterocycles. The monoisotopic (exact) mass is 287 g/mol. The minimum Gasteiger partial charge on any atom is -0.495 e. The van der Waals surface area contributed by atoms with Crippen LogP contribution in [0.1, 0.15) is 35.7 Å². The van der Waals surface area contributed by atoms with Crippen molar-refractivity contribution in [3.63, 3.8) is 0 Å². The zero-order valence-electron chi connectivity index (χ0n) is 12.5. The number of ether oxygens (including phenoxy) is 1. The van der Waals surface area contributed by atoms with Gasteiger partial charge in [0, 0.05) is 18.5 Å². The first kappa shape index (κ1) is 15.4. The molecule has 1 aromatic rings. The molecule has 0 aromatic heterocycles. The number of hydrogen-bond donors (Lipinski definition) is 2. The highest BCUT2D eigenvalue weighted by Gasteiger charge is 2.32. The van der Waals surface area contributed by atoms with Crippen LogP contribution in [0.25, 0.3) is 0 Å². The molecule has 112 valence electrons. The van der Waals surface area contributed by atoms with Crippen LogP contribution >= 0.6 is 0 Å². The number of hydrogen-bond acceptors (Lipinski definition) is 3. The number of nitrogens with one attached hydrogen (secondary N) is 1. The molecule has 0 bridgehead atoms. The minimum absolute atomic E-state index is 0.0229. The molecular formula is C17H21NO3. The maximum absolute atomic E-state index is 12.1. The van der Waals surface area contributed by atoms with Crippen LogP contribution in [0.2, 0.25) is 0 Å². The summed E-state index contributed by atoms with van der Waals surface area (Å²) in [5.41, 5.74) is 1.25. The molecule has 1 aliphatic rings. The summed E-state index contributed by atoms with van der Waals surface area (Å²) in [7, 11) is 1.57. The highest BCUT2D eigenvalue weighted by atomic mass is 16.5. The van der Waals surface area contributed by atoms with Gasteiger partial charge < -0.3 is 15.2 Å². The molecule has 4 heteroatoms. The topological polar surface area (TPSA) is 58.6 Å². The number of amides is 1. The predicted octanol–water partition coefficient (Wildman–Crippen LogP) is 1.81. The standard InChI is InChI=1S/C17H21NO3/c1-12-9-15(12)11-18-17(20)14-6-7-16(21-2)13(10-14)5-3-4-8-19/h6-7,10,12,15,19H,4,8-9,11H2,1-2H3,(H,18,20). The first-order valence-corrected chi connectivity index (χ1v) is 7.21. The van der Waals surface area contributed by atoms with Gasteiger partial charge in [-0.25, -0.2) is 0 Å². The van der Waals surface area contributed by atoms with Gasteiger partial charge in [-0.3, -0.25) is 4.79 Å². The Labute approximate surface area is 125 Å². The lowest BCUT2D eigenvalue weighted by atomic mass is 10.1. The van der Waals surface area contributed by atoms with Gasteiger partial charge in [0.15, 0.2) is 0 Å². The summed E-state index contributed by atoms with van der Waals surface area (Å²) in [5.74, 6) is 7.67. The van der Waals surface area contributed by atoms with E-state index in [0.717, 1.165) is 12.5 Å². The van der Waals surface area contributed by atoms with Gasteiger partial charge in [-0.15, -0.1) is 0 Å². The summed E-state index contributed by atoms with van der Waals surface area (Å²) < 4.78 is 5.24. The Balaban J connectivity index is 2.07. The SMILES string of the molecule is COc1ccc(C(=O)NCC2CC2C)cc1C#CCCO.